The van der Waals surface area contributed by atoms with Gasteiger partial charge in [-0.3, -0.25) is 9.79 Å². The molecule has 0 aliphatic heterocycles. The molecule has 1 aliphatic rings. The van der Waals surface area contributed by atoms with Crippen molar-refractivity contribution >= 4 is 27.8 Å². The third-order valence-electron chi connectivity index (χ3n) is 4.70. The molecule has 0 unspecified atom stereocenters. The highest BCUT2D eigenvalue weighted by Crippen LogP contribution is 2.38. The molecule has 1 saturated carbocycles. The third kappa shape index (κ3) is 5.62. The molecule has 1 amide bonds. The lowest BCUT2D eigenvalue weighted by atomic mass is 9.84. The van der Waals surface area contributed by atoms with Gasteiger partial charge in [0.2, 0.25) is 5.91 Å². The van der Waals surface area contributed by atoms with Crippen LogP contribution in [0.1, 0.15) is 25.7 Å². The summed E-state index contributed by atoms with van der Waals surface area (Å²) >= 11 is 3.43. The molecule has 0 aromatic heterocycles. The van der Waals surface area contributed by atoms with Crippen molar-refractivity contribution in [2.24, 2.45) is 10.4 Å². The van der Waals surface area contributed by atoms with Crippen LogP contribution in [0.2, 0.25) is 0 Å². The van der Waals surface area contributed by atoms with E-state index in [1.54, 1.807) is 11.9 Å². The molecule has 0 saturated heterocycles. The molecule has 1 fully saturated rings. The Morgan fingerprint density at radius 3 is 2.65 bits per heavy atom. The lowest BCUT2D eigenvalue weighted by Crippen LogP contribution is -2.49. The zero-order valence-corrected chi connectivity index (χ0v) is 17.4. The van der Waals surface area contributed by atoms with Crippen LogP contribution in [0.25, 0.3) is 0 Å². The van der Waals surface area contributed by atoms with E-state index in [2.05, 4.69) is 31.6 Å². The Kier molecular flexibility index (Phi) is 7.75. The van der Waals surface area contributed by atoms with Crippen LogP contribution >= 0.6 is 15.9 Å². The molecule has 2 N–H and O–H groups in total. The average molecular weight is 425 g/mol. The molecule has 144 valence electrons. The van der Waals surface area contributed by atoms with E-state index in [-0.39, 0.29) is 11.3 Å². The van der Waals surface area contributed by atoms with Crippen LogP contribution in [0.3, 0.4) is 0 Å². The summed E-state index contributed by atoms with van der Waals surface area (Å²) in [5.41, 5.74) is -0.312. The van der Waals surface area contributed by atoms with Gasteiger partial charge >= 0.3 is 0 Å². The molecular formula is C19H29BrN4O2. The molecule has 0 radical (unpaired) electrons. The topological polar surface area (TPSA) is 66.0 Å². The number of halogens is 1. The smallest absolute Gasteiger partial charge is 0.230 e. The van der Waals surface area contributed by atoms with Gasteiger partial charge in [-0.2, -0.15) is 0 Å². The van der Waals surface area contributed by atoms with Crippen molar-refractivity contribution in [2.45, 2.75) is 25.7 Å². The van der Waals surface area contributed by atoms with E-state index in [9.17, 15) is 4.79 Å². The van der Waals surface area contributed by atoms with Crippen molar-refractivity contribution in [3.05, 3.63) is 28.7 Å². The predicted octanol–water partition coefficient (Wildman–Crippen LogP) is 2.64. The van der Waals surface area contributed by atoms with E-state index < -0.39 is 0 Å². The number of amides is 1. The zero-order valence-electron chi connectivity index (χ0n) is 15.8. The Hall–Kier alpha value is -1.76. The second kappa shape index (κ2) is 9.80. The maximum atomic E-state index is 12.6. The first-order valence-corrected chi connectivity index (χ1v) is 9.81. The second-order valence-electron chi connectivity index (χ2n) is 6.85. The van der Waals surface area contributed by atoms with Gasteiger partial charge in [0.05, 0.1) is 12.0 Å². The largest absolute Gasteiger partial charge is 0.492 e. The summed E-state index contributed by atoms with van der Waals surface area (Å²) in [5, 5.41) is 6.56. The molecular weight excluding hydrogens is 396 g/mol. The van der Waals surface area contributed by atoms with Crippen LogP contribution < -0.4 is 15.4 Å². The number of nitrogens with one attached hydrogen (secondary N) is 2. The van der Waals surface area contributed by atoms with Gasteiger partial charge in [0, 0.05) is 32.2 Å². The molecule has 0 bridgehead atoms. The fraction of sp³-hybridized carbons (Fsp3) is 0.579. The first-order chi connectivity index (χ1) is 12.5. The maximum absolute atomic E-state index is 12.6. The van der Waals surface area contributed by atoms with E-state index in [0.29, 0.717) is 25.7 Å². The minimum absolute atomic E-state index is 0.205. The van der Waals surface area contributed by atoms with Crippen LogP contribution in [0.4, 0.5) is 0 Å². The van der Waals surface area contributed by atoms with Crippen LogP contribution in [-0.2, 0) is 4.79 Å². The van der Waals surface area contributed by atoms with Crippen molar-refractivity contribution in [2.75, 3.05) is 40.8 Å². The van der Waals surface area contributed by atoms with Gasteiger partial charge in [0.1, 0.15) is 12.4 Å². The lowest BCUT2D eigenvalue weighted by Gasteiger charge is -2.31. The first-order valence-electron chi connectivity index (χ1n) is 9.01. The number of carbonyl (C=O) groups is 1. The van der Waals surface area contributed by atoms with Crippen molar-refractivity contribution in [1.82, 2.24) is 15.5 Å². The number of hydrogen-bond acceptors (Lipinski definition) is 3. The predicted molar refractivity (Wildman–Crippen MR) is 109 cm³/mol. The second-order valence-corrected chi connectivity index (χ2v) is 7.76. The van der Waals surface area contributed by atoms with Gasteiger partial charge in [-0.15, -0.1) is 0 Å². The minimum atomic E-state index is -0.312. The van der Waals surface area contributed by atoms with Crippen molar-refractivity contribution < 1.29 is 9.53 Å². The fourth-order valence-electron chi connectivity index (χ4n) is 3.36. The minimum Gasteiger partial charge on any atom is -0.492 e. The van der Waals surface area contributed by atoms with Gasteiger partial charge < -0.3 is 20.3 Å². The molecule has 7 heteroatoms. The van der Waals surface area contributed by atoms with Crippen molar-refractivity contribution in [3.8, 4) is 5.75 Å². The molecule has 0 heterocycles. The van der Waals surface area contributed by atoms with E-state index in [1.807, 2.05) is 38.4 Å². The molecule has 1 aliphatic carbocycles. The van der Waals surface area contributed by atoms with Crippen LogP contribution in [0.15, 0.2) is 33.7 Å². The van der Waals surface area contributed by atoms with E-state index >= 15 is 0 Å². The number of nitrogens with zero attached hydrogens (tertiary/aromatic N) is 2. The quantitative estimate of drug-likeness (QED) is 0.401. The standard InChI is InChI=1S/C19H29BrN4O2/c1-21-18(22-11-12-26-16-8-6-7-15(20)13-16)23-14-19(9-4-5-10-19)17(25)24(2)3/h6-8,13H,4-5,9-12,14H2,1-3H3,(H2,21,22,23). The monoisotopic (exact) mass is 424 g/mol. The van der Waals surface area contributed by atoms with Crippen molar-refractivity contribution in [1.29, 1.82) is 0 Å². The van der Waals surface area contributed by atoms with E-state index in [0.717, 1.165) is 35.9 Å². The number of ether oxygens (including phenoxy) is 1. The molecule has 2 rings (SSSR count). The average Bonchev–Trinajstić information content (AvgIpc) is 3.10. The first kappa shape index (κ1) is 20.6. The van der Waals surface area contributed by atoms with Crippen LogP contribution in [0, 0.1) is 5.41 Å². The summed E-state index contributed by atoms with van der Waals surface area (Å²) in [4.78, 5) is 18.6. The Morgan fingerprint density at radius 2 is 2.04 bits per heavy atom. The maximum Gasteiger partial charge on any atom is 0.230 e. The van der Waals surface area contributed by atoms with Gasteiger partial charge in [-0.05, 0) is 31.0 Å². The Bertz CT molecular complexity index is 628. The highest BCUT2D eigenvalue weighted by atomic mass is 79.9. The van der Waals surface area contributed by atoms with Gasteiger partial charge in [-0.25, -0.2) is 0 Å². The summed E-state index contributed by atoms with van der Waals surface area (Å²) in [6.07, 6.45) is 4.07. The van der Waals surface area contributed by atoms with Crippen molar-refractivity contribution in [3.63, 3.8) is 0 Å². The summed E-state index contributed by atoms with van der Waals surface area (Å²) in [6.45, 7) is 1.76. The Labute approximate surface area is 164 Å². The number of hydrogen-bond donors (Lipinski definition) is 2. The van der Waals surface area contributed by atoms with Crippen LogP contribution in [-0.4, -0.2) is 57.6 Å². The molecule has 0 atom stereocenters. The summed E-state index contributed by atoms with van der Waals surface area (Å²) in [5.74, 6) is 1.72. The van der Waals surface area contributed by atoms with Crippen LogP contribution in [0.5, 0.6) is 5.75 Å². The lowest BCUT2D eigenvalue weighted by molar-refractivity contribution is -0.138. The molecule has 1 aromatic carbocycles. The van der Waals surface area contributed by atoms with E-state index in [4.69, 9.17) is 4.74 Å². The van der Waals surface area contributed by atoms with Gasteiger partial charge in [0.15, 0.2) is 5.96 Å². The number of carbonyl (C=O) groups excluding carboxylic acids is 1. The Balaban J connectivity index is 1.79. The molecule has 1 aromatic rings. The molecule has 26 heavy (non-hydrogen) atoms. The zero-order chi connectivity index (χ0) is 19.0. The summed E-state index contributed by atoms with van der Waals surface area (Å²) in [7, 11) is 5.39. The third-order valence-corrected chi connectivity index (χ3v) is 5.19. The molecule has 6 nitrogen and oxygen atoms in total. The number of guanidine groups is 1. The SMILES string of the molecule is CN=C(NCCOc1cccc(Br)c1)NCC1(C(=O)N(C)C)CCCC1. The number of benzene rings is 1. The Morgan fingerprint density at radius 1 is 1.31 bits per heavy atom. The van der Waals surface area contributed by atoms with Gasteiger partial charge in [-0.1, -0.05) is 34.8 Å². The molecule has 0 spiro atoms. The fourth-order valence-corrected chi connectivity index (χ4v) is 3.74. The normalized spacial score (nSPS) is 16.2. The highest BCUT2D eigenvalue weighted by Gasteiger charge is 2.42. The van der Waals surface area contributed by atoms with Gasteiger partial charge in [0.25, 0.3) is 0 Å². The van der Waals surface area contributed by atoms with E-state index in [1.165, 1.54) is 0 Å². The number of rotatable bonds is 7. The summed E-state index contributed by atoms with van der Waals surface area (Å²) < 4.78 is 6.71. The number of aliphatic imine (C=N–C) groups is 1. The summed E-state index contributed by atoms with van der Waals surface area (Å²) in [6, 6.07) is 7.76. The highest BCUT2D eigenvalue weighted by molar-refractivity contribution is 9.10.